The molecule has 0 aliphatic rings. The van der Waals surface area contributed by atoms with Crippen LogP contribution in [0.25, 0.3) is 10.1 Å². The highest BCUT2D eigenvalue weighted by molar-refractivity contribution is 7.23. The number of hydrogen-bond acceptors (Lipinski definition) is 4. The molecule has 0 bridgehead atoms. The number of methoxy groups -OCH3 is 1. The number of hydrogen-bond donors (Lipinski definition) is 1. The molecule has 0 unspecified atom stereocenters. The summed E-state index contributed by atoms with van der Waals surface area (Å²) in [6.45, 7) is 1.88. The molecule has 0 saturated carbocycles. The molecule has 0 fully saturated rings. The van der Waals surface area contributed by atoms with Gasteiger partial charge in [0, 0.05) is 15.6 Å². The van der Waals surface area contributed by atoms with E-state index in [0.717, 1.165) is 15.6 Å². The number of benzene rings is 2. The zero-order valence-electron chi connectivity index (χ0n) is 12.8. The van der Waals surface area contributed by atoms with E-state index in [1.807, 2.05) is 49.4 Å². The van der Waals surface area contributed by atoms with Crippen molar-refractivity contribution in [3.8, 4) is 0 Å². The van der Waals surface area contributed by atoms with E-state index >= 15 is 0 Å². The number of anilines is 1. The third kappa shape index (κ3) is 2.83. The molecule has 0 radical (unpaired) electrons. The second-order valence-corrected chi connectivity index (χ2v) is 6.12. The van der Waals surface area contributed by atoms with Crippen LogP contribution in [-0.4, -0.2) is 19.0 Å². The minimum Gasteiger partial charge on any atom is -0.465 e. The van der Waals surface area contributed by atoms with E-state index in [0.29, 0.717) is 16.1 Å². The lowest BCUT2D eigenvalue weighted by molar-refractivity contribution is 0.0604. The van der Waals surface area contributed by atoms with Gasteiger partial charge in [-0.1, -0.05) is 36.4 Å². The molecule has 3 aromatic rings. The standard InChI is InChI=1S/C18H15NO3S/c1-11-7-3-4-8-12(11)16(20)19-17-15(18(21)22-2)13-9-5-6-10-14(13)23-17/h3-10H,1-2H3,(H,19,20). The van der Waals surface area contributed by atoms with Crippen molar-refractivity contribution in [2.24, 2.45) is 0 Å². The number of aryl methyl sites for hydroxylation is 1. The Kier molecular flexibility index (Phi) is 4.12. The molecule has 4 nitrogen and oxygen atoms in total. The summed E-state index contributed by atoms with van der Waals surface area (Å²) in [5.74, 6) is -0.692. The molecule has 1 heterocycles. The van der Waals surface area contributed by atoms with Crippen LogP contribution in [0.4, 0.5) is 5.00 Å². The summed E-state index contributed by atoms with van der Waals surface area (Å²) in [6, 6.07) is 14.8. The van der Waals surface area contributed by atoms with Gasteiger partial charge in [-0.3, -0.25) is 4.79 Å². The molecule has 116 valence electrons. The van der Waals surface area contributed by atoms with Gasteiger partial charge in [0.1, 0.15) is 10.6 Å². The number of esters is 1. The highest BCUT2D eigenvalue weighted by Crippen LogP contribution is 2.36. The Morgan fingerprint density at radius 1 is 1.04 bits per heavy atom. The van der Waals surface area contributed by atoms with Crippen molar-refractivity contribution in [2.45, 2.75) is 6.92 Å². The average Bonchev–Trinajstić information content (AvgIpc) is 2.92. The van der Waals surface area contributed by atoms with Gasteiger partial charge in [-0.2, -0.15) is 0 Å². The third-order valence-electron chi connectivity index (χ3n) is 3.60. The van der Waals surface area contributed by atoms with E-state index in [1.165, 1.54) is 18.4 Å². The minimum absolute atomic E-state index is 0.236. The molecule has 1 N–H and O–H groups in total. The number of carbonyl (C=O) groups is 2. The van der Waals surface area contributed by atoms with Crippen LogP contribution < -0.4 is 5.32 Å². The topological polar surface area (TPSA) is 55.4 Å². The summed E-state index contributed by atoms with van der Waals surface area (Å²) in [6.07, 6.45) is 0. The van der Waals surface area contributed by atoms with E-state index in [9.17, 15) is 9.59 Å². The second kappa shape index (κ2) is 6.22. The fourth-order valence-corrected chi connectivity index (χ4v) is 3.52. The van der Waals surface area contributed by atoms with Gasteiger partial charge in [0.15, 0.2) is 0 Å². The smallest absolute Gasteiger partial charge is 0.341 e. The molecule has 23 heavy (non-hydrogen) atoms. The van der Waals surface area contributed by atoms with Gasteiger partial charge in [-0.05, 0) is 24.6 Å². The van der Waals surface area contributed by atoms with Gasteiger partial charge in [0.2, 0.25) is 0 Å². The normalized spacial score (nSPS) is 10.5. The van der Waals surface area contributed by atoms with Crippen molar-refractivity contribution in [1.82, 2.24) is 0 Å². The predicted octanol–water partition coefficient (Wildman–Crippen LogP) is 4.25. The zero-order valence-corrected chi connectivity index (χ0v) is 13.6. The molecule has 0 aliphatic heterocycles. The highest BCUT2D eigenvalue weighted by atomic mass is 32.1. The van der Waals surface area contributed by atoms with Crippen molar-refractivity contribution >= 4 is 38.3 Å². The molecule has 5 heteroatoms. The Morgan fingerprint density at radius 2 is 1.74 bits per heavy atom. The first-order chi connectivity index (χ1) is 11.1. The van der Waals surface area contributed by atoms with Crippen molar-refractivity contribution in [2.75, 3.05) is 12.4 Å². The summed E-state index contributed by atoms with van der Waals surface area (Å²) < 4.78 is 5.79. The van der Waals surface area contributed by atoms with Gasteiger partial charge < -0.3 is 10.1 Å². The quantitative estimate of drug-likeness (QED) is 0.733. The maximum absolute atomic E-state index is 12.5. The Hall–Kier alpha value is -2.66. The summed E-state index contributed by atoms with van der Waals surface area (Å²) in [5.41, 5.74) is 1.86. The number of ether oxygens (including phenoxy) is 1. The van der Waals surface area contributed by atoms with E-state index in [2.05, 4.69) is 5.32 Å². The molecule has 0 spiro atoms. The van der Waals surface area contributed by atoms with E-state index in [1.54, 1.807) is 6.07 Å². The van der Waals surface area contributed by atoms with Crippen LogP contribution in [0.2, 0.25) is 0 Å². The maximum atomic E-state index is 12.5. The Balaban J connectivity index is 2.04. The van der Waals surface area contributed by atoms with Gasteiger partial charge in [-0.15, -0.1) is 11.3 Å². The van der Waals surface area contributed by atoms with Crippen LogP contribution in [0.5, 0.6) is 0 Å². The Morgan fingerprint density at radius 3 is 2.48 bits per heavy atom. The van der Waals surface area contributed by atoms with Gasteiger partial charge in [0.25, 0.3) is 5.91 Å². The number of rotatable bonds is 3. The molecular formula is C18H15NO3S. The number of fused-ring (bicyclic) bond motifs is 1. The molecule has 0 saturated heterocycles. The molecule has 1 amide bonds. The Bertz CT molecular complexity index is 898. The monoisotopic (exact) mass is 325 g/mol. The van der Waals surface area contributed by atoms with Crippen molar-refractivity contribution < 1.29 is 14.3 Å². The van der Waals surface area contributed by atoms with E-state index in [-0.39, 0.29) is 5.91 Å². The summed E-state index contributed by atoms with van der Waals surface area (Å²) in [7, 11) is 1.34. The Labute approximate surface area is 137 Å². The first-order valence-electron chi connectivity index (χ1n) is 7.08. The number of thiophene rings is 1. The minimum atomic E-state index is -0.456. The second-order valence-electron chi connectivity index (χ2n) is 5.06. The maximum Gasteiger partial charge on any atom is 0.341 e. The first kappa shape index (κ1) is 15.2. The van der Waals surface area contributed by atoms with Crippen LogP contribution in [0.1, 0.15) is 26.3 Å². The van der Waals surface area contributed by atoms with Crippen LogP contribution >= 0.6 is 11.3 Å². The lowest BCUT2D eigenvalue weighted by Crippen LogP contribution is -2.14. The average molecular weight is 325 g/mol. The van der Waals surface area contributed by atoms with E-state index < -0.39 is 5.97 Å². The van der Waals surface area contributed by atoms with Crippen molar-refractivity contribution in [3.05, 3.63) is 65.2 Å². The van der Waals surface area contributed by atoms with Gasteiger partial charge in [-0.25, -0.2) is 4.79 Å². The summed E-state index contributed by atoms with van der Waals surface area (Å²) >= 11 is 1.36. The fraction of sp³-hybridized carbons (Fsp3) is 0.111. The zero-order chi connectivity index (χ0) is 16.4. The summed E-state index contributed by atoms with van der Waals surface area (Å²) in [5, 5.41) is 4.14. The van der Waals surface area contributed by atoms with E-state index in [4.69, 9.17) is 4.74 Å². The summed E-state index contributed by atoms with van der Waals surface area (Å²) in [4.78, 5) is 24.6. The van der Waals surface area contributed by atoms with Crippen LogP contribution in [-0.2, 0) is 4.74 Å². The van der Waals surface area contributed by atoms with Crippen LogP contribution in [0.15, 0.2) is 48.5 Å². The molecular weight excluding hydrogens is 310 g/mol. The SMILES string of the molecule is COC(=O)c1c(NC(=O)c2ccccc2C)sc2ccccc12. The highest BCUT2D eigenvalue weighted by Gasteiger charge is 2.21. The number of nitrogens with one attached hydrogen (secondary N) is 1. The fourth-order valence-electron chi connectivity index (χ4n) is 2.44. The van der Waals surface area contributed by atoms with Crippen molar-refractivity contribution in [3.63, 3.8) is 0 Å². The lowest BCUT2D eigenvalue weighted by atomic mass is 10.1. The molecule has 1 aromatic heterocycles. The van der Waals surface area contributed by atoms with Crippen molar-refractivity contribution in [1.29, 1.82) is 0 Å². The van der Waals surface area contributed by atoms with Crippen LogP contribution in [0.3, 0.4) is 0 Å². The number of amides is 1. The van der Waals surface area contributed by atoms with Gasteiger partial charge >= 0.3 is 5.97 Å². The number of carbonyl (C=O) groups excluding carboxylic acids is 2. The largest absolute Gasteiger partial charge is 0.465 e. The predicted molar refractivity (Wildman–Crippen MR) is 92.3 cm³/mol. The first-order valence-corrected chi connectivity index (χ1v) is 7.90. The molecule has 0 atom stereocenters. The molecule has 0 aliphatic carbocycles. The van der Waals surface area contributed by atoms with Crippen LogP contribution in [0, 0.1) is 6.92 Å². The molecule has 3 rings (SSSR count). The third-order valence-corrected chi connectivity index (χ3v) is 4.69. The van der Waals surface area contributed by atoms with Gasteiger partial charge in [0.05, 0.1) is 7.11 Å². The molecule has 2 aromatic carbocycles. The lowest BCUT2D eigenvalue weighted by Gasteiger charge is -2.07.